The molecule has 2 rings (SSSR count). The molecule has 4 nitrogen and oxygen atoms in total. The Labute approximate surface area is 115 Å². The molecule has 0 aliphatic carbocycles. The summed E-state index contributed by atoms with van der Waals surface area (Å²) in [5.41, 5.74) is 0.00651. The van der Waals surface area contributed by atoms with Crippen molar-refractivity contribution < 1.29 is 9.18 Å². The number of nitrogens with one attached hydrogen (secondary N) is 1. The summed E-state index contributed by atoms with van der Waals surface area (Å²) in [7, 11) is 0. The molecular weight excluding hydrogens is 269 g/mol. The van der Waals surface area contributed by atoms with E-state index in [1.807, 2.05) is 10.8 Å². The van der Waals surface area contributed by atoms with Crippen molar-refractivity contribution in [2.75, 3.05) is 6.54 Å². The van der Waals surface area contributed by atoms with E-state index in [-0.39, 0.29) is 10.6 Å². The van der Waals surface area contributed by atoms with E-state index in [1.165, 1.54) is 12.1 Å². The fourth-order valence-electron chi connectivity index (χ4n) is 1.65. The van der Waals surface area contributed by atoms with Crippen molar-refractivity contribution in [3.63, 3.8) is 0 Å². The van der Waals surface area contributed by atoms with Crippen molar-refractivity contribution in [2.24, 2.45) is 0 Å². The number of halogens is 2. The monoisotopic (exact) mass is 281 g/mol. The van der Waals surface area contributed by atoms with Crippen LogP contribution in [0.4, 0.5) is 4.39 Å². The largest absolute Gasteiger partial charge is 0.352 e. The lowest BCUT2D eigenvalue weighted by Crippen LogP contribution is -2.26. The maximum absolute atomic E-state index is 13.5. The summed E-state index contributed by atoms with van der Waals surface area (Å²) >= 11 is 5.63. The lowest BCUT2D eigenvalue weighted by Gasteiger charge is -2.06. The van der Waals surface area contributed by atoms with E-state index >= 15 is 0 Å². The predicted octanol–water partition coefficient (Wildman–Crippen LogP) is 2.50. The lowest BCUT2D eigenvalue weighted by atomic mass is 10.2. The summed E-state index contributed by atoms with van der Waals surface area (Å²) in [6, 6.07) is 4.00. The predicted molar refractivity (Wildman–Crippen MR) is 70.6 cm³/mol. The standard InChI is InChI=1S/C13H13ClFN3O/c14-10-2-3-11(12(15)8-10)13(19)17-4-1-6-18-7-5-16-9-18/h2-3,5,7-9H,1,4,6H2,(H,17,19). The molecule has 1 aromatic heterocycles. The second-order valence-electron chi connectivity index (χ2n) is 4.03. The molecular formula is C13H13ClFN3O. The summed E-state index contributed by atoms with van der Waals surface area (Å²) in [5.74, 6) is -1.04. The Kier molecular flexibility index (Phi) is 4.52. The first-order valence-electron chi connectivity index (χ1n) is 5.86. The highest BCUT2D eigenvalue weighted by atomic mass is 35.5. The number of imidazole rings is 1. The molecule has 1 heterocycles. The minimum Gasteiger partial charge on any atom is -0.352 e. The van der Waals surface area contributed by atoms with Crippen LogP contribution in [0.5, 0.6) is 0 Å². The summed E-state index contributed by atoms with van der Waals surface area (Å²) in [6.45, 7) is 1.22. The first-order valence-corrected chi connectivity index (χ1v) is 6.23. The molecule has 2 aromatic rings. The molecule has 0 radical (unpaired) electrons. The van der Waals surface area contributed by atoms with Crippen molar-refractivity contribution in [3.8, 4) is 0 Å². The highest BCUT2D eigenvalue weighted by Crippen LogP contribution is 2.14. The number of hydrogen-bond donors (Lipinski definition) is 1. The molecule has 19 heavy (non-hydrogen) atoms. The molecule has 0 unspecified atom stereocenters. The zero-order valence-corrected chi connectivity index (χ0v) is 10.9. The van der Waals surface area contributed by atoms with Gasteiger partial charge in [0.15, 0.2) is 0 Å². The molecule has 0 bridgehead atoms. The number of nitrogens with zero attached hydrogens (tertiary/aromatic N) is 2. The molecule has 0 aliphatic rings. The fourth-order valence-corrected chi connectivity index (χ4v) is 1.81. The van der Waals surface area contributed by atoms with Gasteiger partial charge in [-0.25, -0.2) is 9.37 Å². The summed E-state index contributed by atoms with van der Waals surface area (Å²) in [6.07, 6.45) is 6.00. The van der Waals surface area contributed by atoms with Gasteiger partial charge in [-0.15, -0.1) is 0 Å². The zero-order chi connectivity index (χ0) is 13.7. The third-order valence-corrected chi connectivity index (χ3v) is 2.85. The van der Waals surface area contributed by atoms with E-state index < -0.39 is 11.7 Å². The number of aromatic nitrogens is 2. The van der Waals surface area contributed by atoms with Gasteiger partial charge in [-0.2, -0.15) is 0 Å². The Bertz CT molecular complexity index is 557. The molecule has 1 aromatic carbocycles. The minimum atomic E-state index is -0.611. The van der Waals surface area contributed by atoms with Crippen molar-refractivity contribution in [1.82, 2.24) is 14.9 Å². The maximum atomic E-state index is 13.5. The van der Waals surface area contributed by atoms with Gasteiger partial charge in [-0.1, -0.05) is 11.6 Å². The fraction of sp³-hybridized carbons (Fsp3) is 0.231. The first-order chi connectivity index (χ1) is 9.16. The van der Waals surface area contributed by atoms with Gasteiger partial charge in [0.05, 0.1) is 11.9 Å². The van der Waals surface area contributed by atoms with Crippen LogP contribution in [0.15, 0.2) is 36.9 Å². The van der Waals surface area contributed by atoms with Gasteiger partial charge >= 0.3 is 0 Å². The summed E-state index contributed by atoms with van der Waals surface area (Å²) in [5, 5.41) is 2.94. The van der Waals surface area contributed by atoms with Gasteiger partial charge in [0.1, 0.15) is 5.82 Å². The van der Waals surface area contributed by atoms with Gasteiger partial charge in [-0.05, 0) is 24.6 Å². The van der Waals surface area contributed by atoms with Crippen molar-refractivity contribution in [2.45, 2.75) is 13.0 Å². The minimum absolute atomic E-state index is 0.00651. The van der Waals surface area contributed by atoms with Gasteiger partial charge in [0.2, 0.25) is 0 Å². The molecule has 6 heteroatoms. The van der Waals surface area contributed by atoms with Crippen LogP contribution in [0.25, 0.3) is 0 Å². The van der Waals surface area contributed by atoms with E-state index in [2.05, 4.69) is 10.3 Å². The Hall–Kier alpha value is -1.88. The smallest absolute Gasteiger partial charge is 0.254 e. The maximum Gasteiger partial charge on any atom is 0.254 e. The van der Waals surface area contributed by atoms with Crippen LogP contribution in [0.1, 0.15) is 16.8 Å². The molecule has 100 valence electrons. The number of carbonyl (C=O) groups is 1. The van der Waals surface area contributed by atoms with E-state index in [0.717, 1.165) is 19.0 Å². The highest BCUT2D eigenvalue weighted by molar-refractivity contribution is 6.30. The second-order valence-corrected chi connectivity index (χ2v) is 4.47. The van der Waals surface area contributed by atoms with Crippen LogP contribution in [0, 0.1) is 5.82 Å². The SMILES string of the molecule is O=C(NCCCn1ccnc1)c1ccc(Cl)cc1F. The Morgan fingerprint density at radius 1 is 1.47 bits per heavy atom. The second kappa shape index (κ2) is 6.33. The van der Waals surface area contributed by atoms with E-state index in [1.54, 1.807) is 12.5 Å². The van der Waals surface area contributed by atoms with Crippen molar-refractivity contribution >= 4 is 17.5 Å². The van der Waals surface area contributed by atoms with Crippen LogP contribution >= 0.6 is 11.6 Å². The quantitative estimate of drug-likeness (QED) is 0.856. The molecule has 0 saturated carbocycles. The van der Waals surface area contributed by atoms with Crippen molar-refractivity contribution in [1.29, 1.82) is 0 Å². The van der Waals surface area contributed by atoms with E-state index in [4.69, 9.17) is 11.6 Å². The first kappa shape index (κ1) is 13.5. The Morgan fingerprint density at radius 2 is 2.32 bits per heavy atom. The topological polar surface area (TPSA) is 46.9 Å². The lowest BCUT2D eigenvalue weighted by molar-refractivity contribution is 0.0948. The van der Waals surface area contributed by atoms with Crippen LogP contribution in [-0.2, 0) is 6.54 Å². The van der Waals surface area contributed by atoms with E-state index in [9.17, 15) is 9.18 Å². The van der Waals surface area contributed by atoms with Crippen LogP contribution in [0.3, 0.4) is 0 Å². The Morgan fingerprint density at radius 3 is 3.00 bits per heavy atom. The number of aryl methyl sites for hydroxylation is 1. The molecule has 0 fully saturated rings. The average Bonchev–Trinajstić information content (AvgIpc) is 2.87. The summed E-state index contributed by atoms with van der Waals surface area (Å²) in [4.78, 5) is 15.6. The molecule has 0 atom stereocenters. The van der Waals surface area contributed by atoms with Gasteiger partial charge in [0, 0.05) is 30.5 Å². The molecule has 0 aliphatic heterocycles. The number of rotatable bonds is 5. The molecule has 1 amide bonds. The van der Waals surface area contributed by atoms with Crippen LogP contribution in [0.2, 0.25) is 5.02 Å². The third kappa shape index (κ3) is 3.79. The normalized spacial score (nSPS) is 10.4. The number of carbonyl (C=O) groups excluding carboxylic acids is 1. The summed E-state index contributed by atoms with van der Waals surface area (Å²) < 4.78 is 15.4. The molecule has 0 spiro atoms. The van der Waals surface area contributed by atoms with Gasteiger partial charge in [0.25, 0.3) is 5.91 Å². The van der Waals surface area contributed by atoms with Gasteiger partial charge in [-0.3, -0.25) is 4.79 Å². The van der Waals surface area contributed by atoms with Crippen LogP contribution < -0.4 is 5.32 Å². The number of benzene rings is 1. The zero-order valence-electron chi connectivity index (χ0n) is 10.1. The average molecular weight is 282 g/mol. The van der Waals surface area contributed by atoms with Crippen LogP contribution in [-0.4, -0.2) is 22.0 Å². The Balaban J connectivity index is 1.81. The highest BCUT2D eigenvalue weighted by Gasteiger charge is 2.10. The number of amides is 1. The van der Waals surface area contributed by atoms with Gasteiger partial charge < -0.3 is 9.88 Å². The third-order valence-electron chi connectivity index (χ3n) is 2.61. The van der Waals surface area contributed by atoms with E-state index in [0.29, 0.717) is 6.54 Å². The molecule has 0 saturated heterocycles. The number of hydrogen-bond acceptors (Lipinski definition) is 2. The molecule has 1 N–H and O–H groups in total. The van der Waals surface area contributed by atoms with Crippen molar-refractivity contribution in [3.05, 3.63) is 53.3 Å².